The maximum atomic E-state index is 6.05. The molecule has 18 heavy (non-hydrogen) atoms. The van der Waals surface area contributed by atoms with Crippen molar-refractivity contribution in [3.8, 4) is 5.75 Å². The van der Waals surface area contributed by atoms with Gasteiger partial charge in [0.2, 0.25) is 0 Å². The Hall–Kier alpha value is -1.10. The molecule has 94 valence electrons. The number of halogens is 2. The number of pyridine rings is 1. The number of rotatable bonds is 4. The Labute approximate surface area is 119 Å². The number of ether oxygens (including phenoxy) is 1. The highest BCUT2D eigenvalue weighted by Gasteiger charge is 2.03. The van der Waals surface area contributed by atoms with Crippen molar-refractivity contribution < 1.29 is 4.74 Å². The molecule has 0 unspecified atom stereocenters. The van der Waals surface area contributed by atoms with Gasteiger partial charge >= 0.3 is 0 Å². The van der Waals surface area contributed by atoms with Gasteiger partial charge in [0.25, 0.3) is 0 Å². The Morgan fingerprint density at radius 3 is 2.72 bits per heavy atom. The van der Waals surface area contributed by atoms with Crippen molar-refractivity contribution in [2.45, 2.75) is 13.2 Å². The molecule has 5 heteroatoms. The van der Waals surface area contributed by atoms with Crippen molar-refractivity contribution in [3.05, 3.63) is 57.3 Å². The SMILES string of the molecule is NCc1ccc(COc2ccc(Br)cc2Cl)nc1. The van der Waals surface area contributed by atoms with E-state index >= 15 is 0 Å². The molecule has 0 aliphatic rings. The maximum absolute atomic E-state index is 6.05. The molecule has 0 radical (unpaired) electrons. The van der Waals surface area contributed by atoms with Crippen molar-refractivity contribution in [3.63, 3.8) is 0 Å². The quantitative estimate of drug-likeness (QED) is 0.934. The minimum Gasteiger partial charge on any atom is -0.486 e. The van der Waals surface area contributed by atoms with Crippen LogP contribution in [0, 0.1) is 0 Å². The molecule has 0 saturated carbocycles. The van der Waals surface area contributed by atoms with Crippen LogP contribution < -0.4 is 10.5 Å². The number of hydrogen-bond donors (Lipinski definition) is 1. The highest BCUT2D eigenvalue weighted by molar-refractivity contribution is 9.10. The van der Waals surface area contributed by atoms with E-state index in [0.29, 0.717) is 23.9 Å². The molecule has 0 aliphatic heterocycles. The fourth-order valence-electron chi connectivity index (χ4n) is 1.41. The number of hydrogen-bond acceptors (Lipinski definition) is 3. The first-order valence-corrected chi connectivity index (χ1v) is 6.58. The Bertz CT molecular complexity index is 531. The third kappa shape index (κ3) is 3.45. The second-order valence-electron chi connectivity index (χ2n) is 3.73. The molecule has 0 bridgehead atoms. The summed E-state index contributed by atoms with van der Waals surface area (Å²) >= 11 is 9.40. The van der Waals surface area contributed by atoms with Crippen LogP contribution in [-0.4, -0.2) is 4.98 Å². The van der Waals surface area contributed by atoms with E-state index in [1.807, 2.05) is 24.3 Å². The minimum absolute atomic E-state index is 0.381. The molecule has 1 aromatic heterocycles. The molecule has 2 N–H and O–H groups in total. The third-order valence-corrected chi connectivity index (χ3v) is 3.18. The Balaban J connectivity index is 2.02. The highest BCUT2D eigenvalue weighted by Crippen LogP contribution is 2.28. The zero-order valence-corrected chi connectivity index (χ0v) is 11.9. The number of benzene rings is 1. The summed E-state index contributed by atoms with van der Waals surface area (Å²) in [5, 5.41) is 0.572. The lowest BCUT2D eigenvalue weighted by molar-refractivity contribution is 0.301. The zero-order chi connectivity index (χ0) is 13.0. The molecule has 0 aliphatic carbocycles. The van der Waals surface area contributed by atoms with Crippen molar-refractivity contribution in [1.82, 2.24) is 4.98 Å². The highest BCUT2D eigenvalue weighted by atomic mass is 79.9. The summed E-state index contributed by atoms with van der Waals surface area (Å²) in [6, 6.07) is 9.33. The van der Waals surface area contributed by atoms with E-state index in [0.717, 1.165) is 15.7 Å². The van der Waals surface area contributed by atoms with Crippen LogP contribution in [0.4, 0.5) is 0 Å². The fourth-order valence-corrected chi connectivity index (χ4v) is 2.13. The summed E-state index contributed by atoms with van der Waals surface area (Å²) in [4.78, 5) is 4.25. The molecule has 0 saturated heterocycles. The molecular formula is C13H12BrClN2O. The zero-order valence-electron chi connectivity index (χ0n) is 9.57. The third-order valence-electron chi connectivity index (χ3n) is 2.39. The van der Waals surface area contributed by atoms with Gasteiger partial charge in [-0.1, -0.05) is 33.6 Å². The maximum Gasteiger partial charge on any atom is 0.138 e. The fraction of sp³-hybridized carbons (Fsp3) is 0.154. The summed E-state index contributed by atoms with van der Waals surface area (Å²) < 4.78 is 6.53. The monoisotopic (exact) mass is 326 g/mol. The van der Waals surface area contributed by atoms with Crippen LogP contribution in [0.25, 0.3) is 0 Å². The van der Waals surface area contributed by atoms with E-state index in [-0.39, 0.29) is 0 Å². The van der Waals surface area contributed by atoms with Gasteiger partial charge in [-0.25, -0.2) is 0 Å². The van der Waals surface area contributed by atoms with E-state index in [1.165, 1.54) is 0 Å². The normalized spacial score (nSPS) is 10.4. The topological polar surface area (TPSA) is 48.1 Å². The summed E-state index contributed by atoms with van der Waals surface area (Å²) in [5.41, 5.74) is 7.35. The lowest BCUT2D eigenvalue weighted by atomic mass is 10.2. The van der Waals surface area contributed by atoms with E-state index in [9.17, 15) is 0 Å². The van der Waals surface area contributed by atoms with Gasteiger partial charge in [0.15, 0.2) is 0 Å². The van der Waals surface area contributed by atoms with Crippen LogP contribution in [0.15, 0.2) is 41.0 Å². The summed E-state index contributed by atoms with van der Waals surface area (Å²) in [5.74, 6) is 0.643. The predicted molar refractivity (Wildman–Crippen MR) is 75.6 cm³/mol. The largest absolute Gasteiger partial charge is 0.486 e. The molecular weight excluding hydrogens is 316 g/mol. The van der Waals surface area contributed by atoms with Gasteiger partial charge in [-0.05, 0) is 29.8 Å². The first kappa shape index (κ1) is 13.3. The first-order chi connectivity index (χ1) is 8.69. The van der Waals surface area contributed by atoms with E-state index in [4.69, 9.17) is 22.1 Å². The van der Waals surface area contributed by atoms with Gasteiger partial charge < -0.3 is 10.5 Å². The second kappa shape index (κ2) is 6.18. The van der Waals surface area contributed by atoms with E-state index < -0.39 is 0 Å². The Morgan fingerprint density at radius 2 is 2.11 bits per heavy atom. The van der Waals surface area contributed by atoms with Crippen LogP contribution in [0.1, 0.15) is 11.3 Å². The molecule has 1 aromatic carbocycles. The molecule has 0 atom stereocenters. The van der Waals surface area contributed by atoms with Crippen LogP contribution >= 0.6 is 27.5 Å². The average Bonchev–Trinajstić information content (AvgIpc) is 2.38. The van der Waals surface area contributed by atoms with Crippen LogP contribution in [-0.2, 0) is 13.2 Å². The van der Waals surface area contributed by atoms with Crippen LogP contribution in [0.2, 0.25) is 5.02 Å². The number of nitrogens with zero attached hydrogens (tertiary/aromatic N) is 1. The Kier molecular flexibility index (Phi) is 4.58. The minimum atomic E-state index is 0.381. The van der Waals surface area contributed by atoms with Gasteiger partial charge in [-0.15, -0.1) is 0 Å². The second-order valence-corrected chi connectivity index (χ2v) is 5.05. The lowest BCUT2D eigenvalue weighted by Gasteiger charge is -2.08. The van der Waals surface area contributed by atoms with Gasteiger partial charge in [-0.2, -0.15) is 0 Å². The number of aromatic nitrogens is 1. The lowest BCUT2D eigenvalue weighted by Crippen LogP contribution is -2.01. The Morgan fingerprint density at radius 1 is 1.28 bits per heavy atom. The molecule has 2 aromatic rings. The van der Waals surface area contributed by atoms with Crippen molar-refractivity contribution >= 4 is 27.5 Å². The summed E-state index contributed by atoms with van der Waals surface area (Å²) in [7, 11) is 0. The van der Waals surface area contributed by atoms with Gasteiger partial charge in [0, 0.05) is 17.2 Å². The van der Waals surface area contributed by atoms with Crippen molar-refractivity contribution in [2.75, 3.05) is 0 Å². The summed E-state index contributed by atoms with van der Waals surface area (Å²) in [6.07, 6.45) is 1.75. The van der Waals surface area contributed by atoms with Crippen molar-refractivity contribution in [1.29, 1.82) is 0 Å². The standard InChI is InChI=1S/C13H12BrClN2O/c14-10-2-4-13(12(15)5-10)18-8-11-3-1-9(6-16)7-17-11/h1-5,7H,6,8,16H2. The van der Waals surface area contributed by atoms with Crippen molar-refractivity contribution in [2.24, 2.45) is 5.73 Å². The molecule has 3 nitrogen and oxygen atoms in total. The molecule has 0 spiro atoms. The smallest absolute Gasteiger partial charge is 0.138 e. The van der Waals surface area contributed by atoms with Gasteiger partial charge in [0.05, 0.1) is 10.7 Å². The summed E-state index contributed by atoms with van der Waals surface area (Å²) in [6.45, 7) is 0.874. The van der Waals surface area contributed by atoms with Crippen LogP contribution in [0.3, 0.4) is 0 Å². The molecule has 0 amide bonds. The first-order valence-electron chi connectivity index (χ1n) is 5.41. The molecule has 0 fully saturated rings. The van der Waals surface area contributed by atoms with Gasteiger partial charge in [-0.3, -0.25) is 4.98 Å². The molecule has 2 rings (SSSR count). The van der Waals surface area contributed by atoms with Gasteiger partial charge in [0.1, 0.15) is 12.4 Å². The predicted octanol–water partition coefficient (Wildman–Crippen LogP) is 3.54. The average molecular weight is 328 g/mol. The van der Waals surface area contributed by atoms with Crippen LogP contribution in [0.5, 0.6) is 5.75 Å². The number of nitrogens with two attached hydrogens (primary N) is 1. The van der Waals surface area contributed by atoms with E-state index in [1.54, 1.807) is 12.3 Å². The molecule has 1 heterocycles. The van der Waals surface area contributed by atoms with E-state index in [2.05, 4.69) is 20.9 Å².